The van der Waals surface area contributed by atoms with E-state index in [9.17, 15) is 27.6 Å². The quantitative estimate of drug-likeness (QED) is 0.185. The van der Waals surface area contributed by atoms with Gasteiger partial charge in [-0.1, -0.05) is 73.6 Å². The molecule has 2 N–H and O–H groups in total. The third-order valence-electron chi connectivity index (χ3n) is 17.7. The van der Waals surface area contributed by atoms with Crippen LogP contribution in [0.5, 0.6) is 0 Å². The standard InChI is InChI=1S/C46H74N4O7S/c1-10-31-25-44(31,40(55)48-58(56,57)43(9)21-22-43)27-36(52)34-26-46(42(7,8)45(46)19-15-20-45)28-50(34)39(54)32(41(4,5)6)24-35(51)37(30-16-12-11-13-17-30)47-38(53)33-18-14-23-49(33)29(2)3/h29-34,37H,10-28H2,1-9H3,(H,47,53)(H,48,55)/t31-,32-,33+,34+,37+,44-,46-/m1/s1. The molecule has 11 nitrogen and oxygen atoms in total. The van der Waals surface area contributed by atoms with E-state index >= 15 is 4.79 Å². The Morgan fingerprint density at radius 2 is 1.48 bits per heavy atom. The highest BCUT2D eigenvalue weighted by Gasteiger charge is 2.85. The minimum atomic E-state index is -3.88. The second kappa shape index (κ2) is 14.9. The van der Waals surface area contributed by atoms with Crippen molar-refractivity contribution in [1.29, 1.82) is 0 Å². The Kier molecular flexibility index (Phi) is 11.3. The minimum Gasteiger partial charge on any atom is -0.345 e. The maximum Gasteiger partial charge on any atom is 0.240 e. The fourth-order valence-electron chi connectivity index (χ4n) is 13.0. The number of carbonyl (C=O) groups excluding carboxylic acids is 5. The van der Waals surface area contributed by atoms with E-state index in [-0.39, 0.29) is 76.4 Å². The van der Waals surface area contributed by atoms with Gasteiger partial charge in [0.25, 0.3) is 0 Å². The fourth-order valence-corrected chi connectivity index (χ4v) is 14.3. The molecule has 7 fully saturated rings. The van der Waals surface area contributed by atoms with Crippen LogP contribution in [-0.2, 0) is 34.0 Å². The molecule has 2 aliphatic heterocycles. The molecule has 12 heteroatoms. The van der Waals surface area contributed by atoms with Crippen LogP contribution in [-0.4, -0.2) is 89.5 Å². The van der Waals surface area contributed by atoms with Crippen molar-refractivity contribution < 1.29 is 32.4 Å². The van der Waals surface area contributed by atoms with Crippen LogP contribution in [0.1, 0.15) is 171 Å². The molecule has 0 aromatic heterocycles. The number of carbonyl (C=O) groups is 5. The highest BCUT2D eigenvalue weighted by atomic mass is 32.2. The van der Waals surface area contributed by atoms with Crippen molar-refractivity contribution in [3.8, 4) is 0 Å². The summed E-state index contributed by atoms with van der Waals surface area (Å²) in [4.78, 5) is 76.9. The molecule has 0 bridgehead atoms. The first-order valence-corrected chi connectivity index (χ1v) is 24.5. The summed E-state index contributed by atoms with van der Waals surface area (Å²) in [7, 11) is -3.88. The van der Waals surface area contributed by atoms with Gasteiger partial charge in [0, 0.05) is 36.8 Å². The third-order valence-corrected chi connectivity index (χ3v) is 19.9. The van der Waals surface area contributed by atoms with Crippen molar-refractivity contribution in [3.63, 3.8) is 0 Å². The maximum absolute atomic E-state index is 15.3. The molecular weight excluding hydrogens is 753 g/mol. The molecule has 5 aliphatic carbocycles. The molecule has 2 spiro atoms. The van der Waals surface area contributed by atoms with Crippen LogP contribution in [0.15, 0.2) is 0 Å². The summed E-state index contributed by atoms with van der Waals surface area (Å²) in [5.41, 5.74) is -2.00. The van der Waals surface area contributed by atoms with Gasteiger partial charge >= 0.3 is 0 Å². The van der Waals surface area contributed by atoms with Crippen LogP contribution in [0.25, 0.3) is 0 Å². The number of sulfonamides is 1. The minimum absolute atomic E-state index is 0.0173. The molecule has 5 saturated carbocycles. The van der Waals surface area contributed by atoms with Crippen molar-refractivity contribution >= 4 is 39.3 Å². The number of Topliss-reactive ketones (excluding diaryl/α,β-unsaturated/α-hetero) is 2. The van der Waals surface area contributed by atoms with Gasteiger partial charge in [-0.05, 0) is 120 Å². The number of nitrogens with zero attached hydrogens (tertiary/aromatic N) is 2. The summed E-state index contributed by atoms with van der Waals surface area (Å²) in [6.07, 6.45) is 12.3. The SMILES string of the molecule is CC[C@@H]1C[C@]1(CC(=O)[C@@H]1C[C@@]2(CN1C(=O)[C@@H](CC(=O)[C@@H](NC(=O)[C@@H]1CCCN1C(C)C)C1CCCCC1)C(C)(C)C)C(C)(C)C21CCC1)C(=O)NS(=O)(=O)C1(C)CC1. The van der Waals surface area contributed by atoms with Crippen molar-refractivity contribution in [2.75, 3.05) is 13.1 Å². The summed E-state index contributed by atoms with van der Waals surface area (Å²) in [6.45, 7) is 19.6. The van der Waals surface area contributed by atoms with Crippen LogP contribution >= 0.6 is 0 Å². The second-order valence-electron chi connectivity index (χ2n) is 22.3. The highest BCUT2D eigenvalue weighted by Crippen LogP contribution is 2.88. The third kappa shape index (κ3) is 7.01. The van der Waals surface area contributed by atoms with E-state index in [4.69, 9.17) is 0 Å². The molecule has 0 aromatic carbocycles. The molecule has 2 heterocycles. The predicted molar refractivity (Wildman–Crippen MR) is 224 cm³/mol. The lowest BCUT2D eigenvalue weighted by Gasteiger charge is -2.37. The Balaban J connectivity index is 1.15. The number of likely N-dealkylation sites (tertiary alicyclic amines) is 2. The average Bonchev–Trinajstić information content (AvgIpc) is 4.00. The van der Waals surface area contributed by atoms with Gasteiger partial charge in [-0.15, -0.1) is 0 Å². The first kappa shape index (κ1) is 43.7. The summed E-state index contributed by atoms with van der Waals surface area (Å²) in [5, 5.41) is 3.26. The lowest BCUT2D eigenvalue weighted by atomic mass is 9.73. The molecule has 7 aliphatic rings. The van der Waals surface area contributed by atoms with Gasteiger partial charge in [0.2, 0.25) is 27.7 Å². The summed E-state index contributed by atoms with van der Waals surface area (Å²) in [5.74, 6) is -1.98. The molecular formula is C46H74N4O7S. The van der Waals surface area contributed by atoms with E-state index < -0.39 is 49.5 Å². The van der Waals surface area contributed by atoms with E-state index in [0.717, 1.165) is 70.8 Å². The first-order valence-electron chi connectivity index (χ1n) is 23.0. The smallest absolute Gasteiger partial charge is 0.240 e. The molecule has 0 radical (unpaired) electrons. The number of hydrogen-bond acceptors (Lipinski definition) is 8. The monoisotopic (exact) mass is 827 g/mol. The Morgan fingerprint density at radius 1 is 0.828 bits per heavy atom. The van der Waals surface area contributed by atoms with Crippen molar-refractivity contribution in [3.05, 3.63) is 0 Å². The van der Waals surface area contributed by atoms with Gasteiger partial charge in [0.05, 0.1) is 28.3 Å². The molecule has 58 heavy (non-hydrogen) atoms. The normalized spacial score (nSPS) is 33.4. The van der Waals surface area contributed by atoms with Gasteiger partial charge in [-0.3, -0.25) is 33.6 Å². The van der Waals surface area contributed by atoms with Crippen molar-refractivity contribution in [2.45, 2.75) is 200 Å². The van der Waals surface area contributed by atoms with E-state index in [2.05, 4.69) is 42.6 Å². The molecule has 326 valence electrons. The summed E-state index contributed by atoms with van der Waals surface area (Å²) < 4.78 is 27.8. The Labute approximate surface area is 348 Å². The number of amides is 3. The topological polar surface area (TPSA) is 150 Å². The molecule has 7 rings (SSSR count). The van der Waals surface area contributed by atoms with Gasteiger partial charge in [-0.2, -0.15) is 0 Å². The van der Waals surface area contributed by atoms with Crippen LogP contribution < -0.4 is 10.0 Å². The van der Waals surface area contributed by atoms with E-state index in [1.165, 1.54) is 0 Å². The molecule has 0 unspecified atom stereocenters. The number of ketones is 2. The van der Waals surface area contributed by atoms with E-state index in [1.807, 2.05) is 27.7 Å². The predicted octanol–water partition coefficient (Wildman–Crippen LogP) is 6.72. The van der Waals surface area contributed by atoms with Crippen molar-refractivity contribution in [1.82, 2.24) is 19.8 Å². The van der Waals surface area contributed by atoms with Crippen LogP contribution in [0.4, 0.5) is 0 Å². The second-order valence-corrected chi connectivity index (χ2v) is 24.5. The first-order chi connectivity index (χ1) is 27.0. The lowest BCUT2D eigenvalue weighted by Crippen LogP contribution is -2.54. The molecule has 7 atom stereocenters. The number of nitrogens with one attached hydrogen (secondary N) is 2. The van der Waals surface area contributed by atoms with Gasteiger partial charge in [-0.25, -0.2) is 8.42 Å². The number of rotatable bonds is 15. The Morgan fingerprint density at radius 3 is 2.00 bits per heavy atom. The Hall–Kier alpha value is -2.34. The van der Waals surface area contributed by atoms with Gasteiger partial charge in [0.1, 0.15) is 0 Å². The highest BCUT2D eigenvalue weighted by molar-refractivity contribution is 7.91. The zero-order valence-corrected chi connectivity index (χ0v) is 38.0. The number of hydrogen-bond donors (Lipinski definition) is 2. The molecule has 3 amide bonds. The van der Waals surface area contributed by atoms with Crippen molar-refractivity contribution in [2.24, 2.45) is 44.8 Å². The summed E-state index contributed by atoms with van der Waals surface area (Å²) in [6, 6.07) is -1.48. The van der Waals surface area contributed by atoms with E-state index in [1.54, 1.807) is 11.8 Å². The van der Waals surface area contributed by atoms with Crippen LogP contribution in [0.2, 0.25) is 0 Å². The summed E-state index contributed by atoms with van der Waals surface area (Å²) >= 11 is 0. The Bertz CT molecular complexity index is 1790. The largest absolute Gasteiger partial charge is 0.345 e. The zero-order chi connectivity index (χ0) is 42.4. The molecule has 2 saturated heterocycles. The zero-order valence-electron chi connectivity index (χ0n) is 37.1. The average molecular weight is 827 g/mol. The van der Waals surface area contributed by atoms with Gasteiger partial charge < -0.3 is 10.2 Å². The fraction of sp³-hybridized carbons (Fsp3) is 0.891. The molecule has 0 aromatic rings. The van der Waals surface area contributed by atoms with Crippen LogP contribution in [0, 0.1) is 44.8 Å². The maximum atomic E-state index is 15.3. The van der Waals surface area contributed by atoms with E-state index in [0.29, 0.717) is 38.6 Å². The van der Waals surface area contributed by atoms with Crippen LogP contribution in [0.3, 0.4) is 0 Å². The van der Waals surface area contributed by atoms with Gasteiger partial charge in [0.15, 0.2) is 11.6 Å². The number of fused-ring (bicyclic) bond motifs is 1. The lowest BCUT2D eigenvalue weighted by molar-refractivity contribution is -0.147.